The lowest BCUT2D eigenvalue weighted by atomic mass is 10.2. The molecule has 6 heteroatoms. The van der Waals surface area contributed by atoms with E-state index in [-0.39, 0.29) is 24.8 Å². The van der Waals surface area contributed by atoms with Gasteiger partial charge in [0.25, 0.3) is 0 Å². The van der Waals surface area contributed by atoms with Crippen molar-refractivity contribution in [2.24, 2.45) is 0 Å². The lowest BCUT2D eigenvalue weighted by Crippen LogP contribution is -2.19. The molecule has 2 N–H and O–H groups in total. The Balaban J connectivity index is 0. The summed E-state index contributed by atoms with van der Waals surface area (Å²) in [7, 11) is 3.62. The average molecular weight is 337 g/mol. The fourth-order valence-electron chi connectivity index (χ4n) is 1.71. The molecule has 0 unspecified atom stereocenters. The van der Waals surface area contributed by atoms with Gasteiger partial charge in [0.15, 0.2) is 11.5 Å². The van der Waals surface area contributed by atoms with Crippen LogP contribution in [0.1, 0.15) is 12.0 Å². The Bertz CT molecular complexity index is 390. The van der Waals surface area contributed by atoms with E-state index in [0.29, 0.717) is 6.61 Å². The molecule has 0 saturated heterocycles. The summed E-state index contributed by atoms with van der Waals surface area (Å²) in [5.41, 5.74) is 1.19. The highest BCUT2D eigenvalue weighted by Crippen LogP contribution is 2.27. The first kappa shape index (κ1) is 22.3. The summed E-state index contributed by atoms with van der Waals surface area (Å²) < 4.78 is 10.8. The van der Waals surface area contributed by atoms with Crippen LogP contribution in [0.5, 0.6) is 11.5 Å². The van der Waals surface area contributed by atoms with Gasteiger partial charge < -0.3 is 20.1 Å². The van der Waals surface area contributed by atoms with Crippen LogP contribution in [-0.4, -0.2) is 33.9 Å². The second-order valence-corrected chi connectivity index (χ2v) is 4.22. The van der Waals surface area contributed by atoms with Gasteiger partial charge in [0, 0.05) is 6.54 Å². The fraction of sp³-hybridized carbons (Fsp3) is 0.467. The molecule has 0 aromatic heterocycles. The van der Waals surface area contributed by atoms with Crippen LogP contribution in [0.3, 0.4) is 0 Å². The molecule has 0 heterocycles. The molecule has 0 radical (unpaired) electrons. The van der Waals surface area contributed by atoms with Crippen LogP contribution in [0, 0.1) is 0 Å². The molecule has 0 aliphatic carbocycles. The predicted molar refractivity (Wildman–Crippen MR) is 93.4 cm³/mol. The molecular formula is C15H26Cl2N2O2. The Morgan fingerprint density at radius 1 is 1.19 bits per heavy atom. The summed E-state index contributed by atoms with van der Waals surface area (Å²) >= 11 is 0. The Morgan fingerprint density at radius 2 is 1.95 bits per heavy atom. The Morgan fingerprint density at radius 3 is 2.57 bits per heavy atom. The molecular weight excluding hydrogens is 311 g/mol. The maximum atomic E-state index is 5.52. The first-order chi connectivity index (χ1) is 9.31. The van der Waals surface area contributed by atoms with Crippen molar-refractivity contribution in [3.8, 4) is 11.5 Å². The average Bonchev–Trinajstić information content (AvgIpc) is 2.45. The van der Waals surface area contributed by atoms with Gasteiger partial charge in [-0.1, -0.05) is 18.7 Å². The predicted octanol–water partition coefficient (Wildman–Crippen LogP) is 2.80. The molecule has 0 spiro atoms. The Hall–Kier alpha value is -0.940. The van der Waals surface area contributed by atoms with E-state index in [0.717, 1.165) is 37.6 Å². The lowest BCUT2D eigenvalue weighted by molar-refractivity contribution is 0.326. The van der Waals surface area contributed by atoms with Gasteiger partial charge >= 0.3 is 0 Å². The van der Waals surface area contributed by atoms with Crippen molar-refractivity contribution in [1.29, 1.82) is 0 Å². The number of hydrogen-bond donors (Lipinski definition) is 2. The molecule has 0 aliphatic heterocycles. The van der Waals surface area contributed by atoms with Gasteiger partial charge in [-0.15, -0.1) is 24.8 Å². The van der Waals surface area contributed by atoms with Gasteiger partial charge in [0.2, 0.25) is 0 Å². The van der Waals surface area contributed by atoms with E-state index in [2.05, 4.69) is 17.2 Å². The van der Waals surface area contributed by atoms with Crippen molar-refractivity contribution in [2.75, 3.05) is 33.9 Å². The summed E-state index contributed by atoms with van der Waals surface area (Å²) in [6.07, 6.45) is 2.84. The molecule has 0 amide bonds. The zero-order valence-corrected chi connectivity index (χ0v) is 14.3. The largest absolute Gasteiger partial charge is 0.493 e. The number of hydrogen-bond acceptors (Lipinski definition) is 4. The number of methoxy groups -OCH3 is 1. The minimum Gasteiger partial charge on any atom is -0.493 e. The maximum absolute atomic E-state index is 5.52. The van der Waals surface area contributed by atoms with Gasteiger partial charge in [-0.25, -0.2) is 0 Å². The van der Waals surface area contributed by atoms with Crippen LogP contribution in [0.4, 0.5) is 0 Å². The molecule has 0 bridgehead atoms. The minimum absolute atomic E-state index is 0. The SMILES string of the molecule is C=CCOc1ccc(CNCCCNC)cc1OC.Cl.Cl. The minimum atomic E-state index is 0. The van der Waals surface area contributed by atoms with Crippen molar-refractivity contribution < 1.29 is 9.47 Å². The van der Waals surface area contributed by atoms with E-state index in [1.165, 1.54) is 5.56 Å². The maximum Gasteiger partial charge on any atom is 0.161 e. The molecule has 0 aliphatic rings. The van der Waals surface area contributed by atoms with Crippen molar-refractivity contribution in [1.82, 2.24) is 10.6 Å². The molecule has 1 aromatic rings. The van der Waals surface area contributed by atoms with Gasteiger partial charge in [0.1, 0.15) is 6.61 Å². The van der Waals surface area contributed by atoms with E-state index in [1.54, 1.807) is 13.2 Å². The molecule has 0 fully saturated rings. The van der Waals surface area contributed by atoms with Gasteiger partial charge in [-0.05, 0) is 44.3 Å². The zero-order valence-electron chi connectivity index (χ0n) is 12.7. The van der Waals surface area contributed by atoms with E-state index in [1.807, 2.05) is 25.2 Å². The zero-order chi connectivity index (χ0) is 13.9. The molecule has 1 aromatic carbocycles. The van der Waals surface area contributed by atoms with Crippen molar-refractivity contribution >= 4 is 24.8 Å². The van der Waals surface area contributed by atoms with Crippen LogP contribution in [-0.2, 0) is 6.54 Å². The third kappa shape index (κ3) is 8.83. The highest BCUT2D eigenvalue weighted by molar-refractivity contribution is 5.85. The topological polar surface area (TPSA) is 42.5 Å². The number of halogens is 2. The highest BCUT2D eigenvalue weighted by Gasteiger charge is 2.05. The normalized spacial score (nSPS) is 9.24. The van der Waals surface area contributed by atoms with Crippen molar-refractivity contribution in [3.05, 3.63) is 36.4 Å². The Labute approximate surface area is 140 Å². The third-order valence-electron chi connectivity index (χ3n) is 2.69. The van der Waals surface area contributed by atoms with Crippen LogP contribution >= 0.6 is 24.8 Å². The van der Waals surface area contributed by atoms with E-state index in [4.69, 9.17) is 9.47 Å². The van der Waals surface area contributed by atoms with E-state index in [9.17, 15) is 0 Å². The van der Waals surface area contributed by atoms with E-state index >= 15 is 0 Å². The quantitative estimate of drug-likeness (QED) is 0.509. The second kappa shape index (κ2) is 14.0. The summed E-state index contributed by atoms with van der Waals surface area (Å²) in [4.78, 5) is 0. The van der Waals surface area contributed by atoms with E-state index < -0.39 is 0 Å². The molecule has 4 nitrogen and oxygen atoms in total. The van der Waals surface area contributed by atoms with Crippen molar-refractivity contribution in [2.45, 2.75) is 13.0 Å². The summed E-state index contributed by atoms with van der Waals surface area (Å²) in [5.74, 6) is 1.51. The monoisotopic (exact) mass is 336 g/mol. The first-order valence-corrected chi connectivity index (χ1v) is 6.57. The molecule has 1 rings (SSSR count). The second-order valence-electron chi connectivity index (χ2n) is 4.22. The third-order valence-corrected chi connectivity index (χ3v) is 2.69. The highest BCUT2D eigenvalue weighted by atomic mass is 35.5. The van der Waals surface area contributed by atoms with Gasteiger partial charge in [-0.2, -0.15) is 0 Å². The first-order valence-electron chi connectivity index (χ1n) is 6.57. The van der Waals surface area contributed by atoms with Crippen LogP contribution in [0.2, 0.25) is 0 Å². The standard InChI is InChI=1S/C15H24N2O2.2ClH/c1-4-10-19-14-7-6-13(11-15(14)18-3)12-17-9-5-8-16-2;;/h4,6-7,11,16-17H,1,5,8-10,12H2,2-3H3;2*1H. The molecule has 0 saturated carbocycles. The molecule has 21 heavy (non-hydrogen) atoms. The van der Waals surface area contributed by atoms with Crippen LogP contribution in [0.15, 0.2) is 30.9 Å². The van der Waals surface area contributed by atoms with Gasteiger partial charge in [0.05, 0.1) is 7.11 Å². The molecule has 122 valence electrons. The molecule has 0 atom stereocenters. The van der Waals surface area contributed by atoms with Crippen LogP contribution < -0.4 is 20.1 Å². The summed E-state index contributed by atoms with van der Waals surface area (Å²) in [5, 5.41) is 6.52. The smallest absolute Gasteiger partial charge is 0.161 e. The number of benzene rings is 1. The lowest BCUT2D eigenvalue weighted by Gasteiger charge is -2.11. The van der Waals surface area contributed by atoms with Gasteiger partial charge in [-0.3, -0.25) is 0 Å². The summed E-state index contributed by atoms with van der Waals surface area (Å²) in [6.45, 7) is 6.98. The number of nitrogens with one attached hydrogen (secondary N) is 2. The van der Waals surface area contributed by atoms with Crippen LogP contribution in [0.25, 0.3) is 0 Å². The summed E-state index contributed by atoms with van der Waals surface area (Å²) in [6, 6.07) is 5.99. The number of rotatable bonds is 10. The Kier molecular flexibility index (Phi) is 14.9. The fourth-order valence-corrected chi connectivity index (χ4v) is 1.71. The number of ether oxygens (including phenoxy) is 2. The van der Waals surface area contributed by atoms with Crippen molar-refractivity contribution in [3.63, 3.8) is 0 Å².